The molecule has 1 heterocycles. The van der Waals surface area contributed by atoms with Gasteiger partial charge in [-0.05, 0) is 0 Å². The molecule has 0 amide bonds. The molecule has 1 saturated carbocycles. The molecule has 1 N–H and O–H groups in total. The molecule has 1 fully saturated rings. The van der Waals surface area contributed by atoms with Crippen LogP contribution in [0.4, 0.5) is 4.39 Å². The molecule has 33 heavy (non-hydrogen) atoms. The quantitative estimate of drug-likeness (QED) is 0.449. The molecule has 2 aromatic carbocycles. The van der Waals surface area contributed by atoms with E-state index in [0.29, 0.717) is 24.3 Å². The summed E-state index contributed by atoms with van der Waals surface area (Å²) in [7, 11) is -1.64. The second-order valence-electron chi connectivity index (χ2n) is 7.98. The molecule has 1 aliphatic rings. The van der Waals surface area contributed by atoms with Crippen molar-refractivity contribution in [2.45, 2.75) is 37.8 Å². The summed E-state index contributed by atoms with van der Waals surface area (Å²) in [6, 6.07) is 8.42. The first-order chi connectivity index (χ1) is 15.7. The fourth-order valence-corrected chi connectivity index (χ4v) is 7.46. The summed E-state index contributed by atoms with van der Waals surface area (Å²) in [5.74, 6) is 0.735. The van der Waals surface area contributed by atoms with Crippen molar-refractivity contribution in [3.05, 3.63) is 47.5 Å². The summed E-state index contributed by atoms with van der Waals surface area (Å²) >= 11 is 5.06. The monoisotopic (exact) mass is 555 g/mol. The molecule has 0 saturated heterocycles. The van der Waals surface area contributed by atoms with E-state index in [1.54, 1.807) is 19.2 Å². The standard InChI is InChI=1S/C22H24AsClFN3O4S/c1-31-20-11-19-16(22(27-12-26-19)23-13-3-8-18(25)17(24)9-13)10-21(20)32-15-6-4-14(5-7-15)28-33(2,29)30/h3,8-12,14-15,23,28H,4-7H2,1-2H3/t14-,15-. The molecule has 176 valence electrons. The Labute approximate surface area is 203 Å². The number of aromatic nitrogens is 2. The van der Waals surface area contributed by atoms with Crippen LogP contribution >= 0.6 is 11.6 Å². The van der Waals surface area contributed by atoms with Crippen LogP contribution in [0.5, 0.6) is 11.5 Å². The number of halogens is 2. The molecule has 11 heteroatoms. The number of hydrogen-bond donors (Lipinski definition) is 1. The van der Waals surface area contributed by atoms with Gasteiger partial charge in [0.05, 0.1) is 0 Å². The Bertz CT molecular complexity index is 1270. The predicted molar refractivity (Wildman–Crippen MR) is 129 cm³/mol. The topological polar surface area (TPSA) is 90.4 Å². The van der Waals surface area contributed by atoms with Gasteiger partial charge in [-0.25, -0.2) is 0 Å². The van der Waals surface area contributed by atoms with Crippen LogP contribution in [0.3, 0.4) is 0 Å². The molecule has 0 aliphatic heterocycles. The van der Waals surface area contributed by atoms with Crippen LogP contribution in [0.25, 0.3) is 10.9 Å². The second-order valence-corrected chi connectivity index (χ2v) is 12.9. The van der Waals surface area contributed by atoms with E-state index in [9.17, 15) is 12.8 Å². The molecule has 0 spiro atoms. The Hall–Kier alpha value is -1.93. The molecule has 1 aromatic heterocycles. The van der Waals surface area contributed by atoms with Gasteiger partial charge in [0, 0.05) is 0 Å². The predicted octanol–water partition coefficient (Wildman–Crippen LogP) is 2.06. The second kappa shape index (κ2) is 10.1. The third kappa shape index (κ3) is 6.15. The molecule has 4 rings (SSSR count). The number of fused-ring (bicyclic) bond motifs is 1. The summed E-state index contributed by atoms with van der Waals surface area (Å²) in [4.78, 5) is 8.87. The van der Waals surface area contributed by atoms with E-state index >= 15 is 0 Å². The molecular formula is C22H24AsClFN3O4S. The minimum atomic E-state index is -3.22. The number of methoxy groups -OCH3 is 1. The minimum absolute atomic E-state index is 0.0473. The van der Waals surface area contributed by atoms with Gasteiger partial charge in [0.2, 0.25) is 0 Å². The Balaban J connectivity index is 1.57. The molecule has 3 aromatic rings. The van der Waals surface area contributed by atoms with E-state index in [-0.39, 0.29) is 17.2 Å². The number of hydrogen-bond acceptors (Lipinski definition) is 6. The zero-order chi connectivity index (χ0) is 23.6. The van der Waals surface area contributed by atoms with Gasteiger partial charge in [-0.15, -0.1) is 0 Å². The van der Waals surface area contributed by atoms with Crippen molar-refractivity contribution in [1.29, 1.82) is 0 Å². The van der Waals surface area contributed by atoms with Crippen LogP contribution in [0, 0.1) is 5.82 Å². The Morgan fingerprint density at radius 1 is 1.12 bits per heavy atom. The van der Waals surface area contributed by atoms with Gasteiger partial charge >= 0.3 is 204 Å². The van der Waals surface area contributed by atoms with Crippen LogP contribution in [-0.4, -0.2) is 59.6 Å². The maximum atomic E-state index is 13.5. The SMILES string of the molecule is COc1cc2ncnc([AsH]c3ccc(F)c(Cl)c3)c2cc1O[C@H]1CC[C@H](NS(C)(=O)=O)CC1. The van der Waals surface area contributed by atoms with Crippen molar-refractivity contribution in [1.82, 2.24) is 14.7 Å². The van der Waals surface area contributed by atoms with Crippen LogP contribution in [0.15, 0.2) is 36.7 Å². The normalized spacial score (nSPS) is 19.3. The fraction of sp³-hybridized carbons (Fsp3) is 0.364. The molecule has 1 aliphatic carbocycles. The van der Waals surface area contributed by atoms with Gasteiger partial charge in [0.15, 0.2) is 0 Å². The maximum absolute atomic E-state index is 13.5. The van der Waals surface area contributed by atoms with Crippen molar-refractivity contribution < 1.29 is 22.3 Å². The van der Waals surface area contributed by atoms with Gasteiger partial charge in [-0.3, -0.25) is 0 Å². The molecular weight excluding hydrogens is 532 g/mol. The van der Waals surface area contributed by atoms with Gasteiger partial charge in [-0.2, -0.15) is 0 Å². The number of sulfonamides is 1. The zero-order valence-corrected chi connectivity index (χ0v) is 21.8. The van der Waals surface area contributed by atoms with Crippen LogP contribution in [-0.2, 0) is 10.0 Å². The molecule has 1 atom stereocenters. The average molecular weight is 556 g/mol. The van der Waals surface area contributed by atoms with Gasteiger partial charge in [-0.1, -0.05) is 0 Å². The van der Waals surface area contributed by atoms with Crippen molar-refractivity contribution in [3.8, 4) is 11.5 Å². The molecule has 7 nitrogen and oxygen atoms in total. The van der Waals surface area contributed by atoms with Crippen molar-refractivity contribution in [2.75, 3.05) is 13.4 Å². The average Bonchev–Trinajstić information content (AvgIpc) is 2.76. The Morgan fingerprint density at radius 3 is 2.55 bits per heavy atom. The molecule has 0 radical (unpaired) electrons. The van der Waals surface area contributed by atoms with Crippen LogP contribution < -0.4 is 23.0 Å². The number of nitrogens with one attached hydrogen (secondary N) is 1. The molecule has 1 unspecified atom stereocenters. The van der Waals surface area contributed by atoms with Crippen molar-refractivity contribution in [2.24, 2.45) is 0 Å². The van der Waals surface area contributed by atoms with Gasteiger partial charge in [0.25, 0.3) is 0 Å². The first-order valence-corrected chi connectivity index (χ1v) is 14.8. The Kier molecular flexibility index (Phi) is 7.43. The summed E-state index contributed by atoms with van der Waals surface area (Å²) in [6.45, 7) is 0. The fourth-order valence-electron chi connectivity index (χ4n) is 3.91. The summed E-state index contributed by atoms with van der Waals surface area (Å²) in [5, 5.41) is 0.961. The Morgan fingerprint density at radius 2 is 1.88 bits per heavy atom. The van der Waals surface area contributed by atoms with E-state index in [1.165, 1.54) is 18.6 Å². The zero-order valence-electron chi connectivity index (χ0n) is 18.1. The van der Waals surface area contributed by atoms with E-state index in [1.807, 2.05) is 12.1 Å². The van der Waals surface area contributed by atoms with Crippen LogP contribution in [0.2, 0.25) is 5.02 Å². The van der Waals surface area contributed by atoms with Gasteiger partial charge < -0.3 is 0 Å². The van der Waals surface area contributed by atoms with E-state index < -0.39 is 31.6 Å². The molecule has 0 bridgehead atoms. The number of rotatable bonds is 7. The van der Waals surface area contributed by atoms with Crippen molar-refractivity contribution >= 4 is 57.1 Å². The van der Waals surface area contributed by atoms with Gasteiger partial charge in [0.1, 0.15) is 0 Å². The summed E-state index contributed by atoms with van der Waals surface area (Å²) in [5.41, 5.74) is 0.738. The van der Waals surface area contributed by atoms with E-state index in [2.05, 4.69) is 14.7 Å². The number of benzene rings is 2. The third-order valence-electron chi connectivity index (χ3n) is 5.45. The van der Waals surface area contributed by atoms with E-state index in [0.717, 1.165) is 32.6 Å². The van der Waals surface area contributed by atoms with E-state index in [4.69, 9.17) is 21.1 Å². The first kappa shape index (κ1) is 24.2. The van der Waals surface area contributed by atoms with Crippen LogP contribution in [0.1, 0.15) is 25.7 Å². The third-order valence-corrected chi connectivity index (χ3v) is 9.09. The summed E-state index contributed by atoms with van der Waals surface area (Å²) < 4.78 is 52.9. The van der Waals surface area contributed by atoms with Crippen molar-refractivity contribution in [3.63, 3.8) is 0 Å². The summed E-state index contributed by atoms with van der Waals surface area (Å²) in [6.07, 6.45) is 5.52. The first-order valence-electron chi connectivity index (χ1n) is 10.4. The number of ether oxygens (including phenoxy) is 2. The number of nitrogens with zero attached hydrogens (tertiary/aromatic N) is 2.